The summed E-state index contributed by atoms with van der Waals surface area (Å²) in [6, 6.07) is 0. The third-order valence-electron chi connectivity index (χ3n) is 5.41. The van der Waals surface area contributed by atoms with E-state index in [9.17, 15) is 13.2 Å². The maximum absolute atomic E-state index is 12.5. The Morgan fingerprint density at radius 3 is 2.55 bits per heavy atom. The zero-order chi connectivity index (χ0) is 21.6. The molecular formula is C20H35F3N6. The van der Waals surface area contributed by atoms with E-state index in [4.69, 9.17) is 0 Å². The van der Waals surface area contributed by atoms with E-state index in [1.807, 2.05) is 25.0 Å². The fourth-order valence-corrected chi connectivity index (χ4v) is 3.95. The Morgan fingerprint density at radius 2 is 2.00 bits per heavy atom. The van der Waals surface area contributed by atoms with Gasteiger partial charge in [0.25, 0.3) is 0 Å². The van der Waals surface area contributed by atoms with Crippen molar-refractivity contribution < 1.29 is 13.2 Å². The molecule has 2 heterocycles. The molecule has 0 unspecified atom stereocenters. The first-order valence-electron chi connectivity index (χ1n) is 10.3. The third kappa shape index (κ3) is 7.53. The fraction of sp³-hybridized carbons (Fsp3) is 0.800. The van der Waals surface area contributed by atoms with E-state index in [2.05, 4.69) is 34.2 Å². The smallest absolute Gasteiger partial charge is 0.356 e. The molecule has 0 aromatic carbocycles. The molecule has 0 amide bonds. The highest BCUT2D eigenvalue weighted by molar-refractivity contribution is 5.79. The van der Waals surface area contributed by atoms with Gasteiger partial charge in [0, 0.05) is 46.0 Å². The van der Waals surface area contributed by atoms with Gasteiger partial charge in [-0.05, 0) is 44.2 Å². The number of piperidine rings is 1. The van der Waals surface area contributed by atoms with Crippen molar-refractivity contribution in [1.29, 1.82) is 0 Å². The summed E-state index contributed by atoms with van der Waals surface area (Å²) in [4.78, 5) is 7.96. The van der Waals surface area contributed by atoms with Crippen LogP contribution in [0.1, 0.15) is 50.3 Å². The number of hydrogen-bond acceptors (Lipinski definition) is 3. The van der Waals surface area contributed by atoms with Crippen LogP contribution in [0.3, 0.4) is 0 Å². The molecule has 1 aromatic heterocycles. The van der Waals surface area contributed by atoms with Crippen LogP contribution < -0.4 is 5.32 Å². The molecule has 0 aliphatic carbocycles. The lowest BCUT2D eigenvalue weighted by Crippen LogP contribution is -2.42. The van der Waals surface area contributed by atoms with Gasteiger partial charge >= 0.3 is 6.18 Å². The van der Waals surface area contributed by atoms with Crippen molar-refractivity contribution in [1.82, 2.24) is 24.9 Å². The van der Waals surface area contributed by atoms with Crippen LogP contribution in [0.5, 0.6) is 0 Å². The summed E-state index contributed by atoms with van der Waals surface area (Å²) in [7, 11) is 5.70. The molecule has 1 aromatic rings. The number of halogens is 3. The molecule has 0 spiro atoms. The molecule has 1 aliphatic heterocycles. The second-order valence-corrected chi connectivity index (χ2v) is 8.32. The van der Waals surface area contributed by atoms with Crippen LogP contribution in [0.15, 0.2) is 11.2 Å². The Morgan fingerprint density at radius 1 is 1.34 bits per heavy atom. The number of guanidine groups is 1. The lowest BCUT2D eigenvalue weighted by Gasteiger charge is -2.32. The minimum atomic E-state index is -4.10. The molecule has 9 heteroatoms. The first kappa shape index (κ1) is 23.5. The van der Waals surface area contributed by atoms with Gasteiger partial charge in [-0.15, -0.1) is 0 Å². The summed E-state index contributed by atoms with van der Waals surface area (Å²) in [5, 5.41) is 7.95. The largest absolute Gasteiger partial charge is 0.401 e. The molecule has 1 N–H and O–H groups in total. The molecule has 2 rings (SSSR count). The molecule has 1 aliphatic rings. The van der Waals surface area contributed by atoms with E-state index in [-0.39, 0.29) is 0 Å². The number of hydrogen-bond donors (Lipinski definition) is 1. The summed E-state index contributed by atoms with van der Waals surface area (Å²) in [6.45, 7) is 6.03. The van der Waals surface area contributed by atoms with Crippen LogP contribution >= 0.6 is 0 Å². The minimum absolute atomic E-state index is 0.359. The average Bonchev–Trinajstić information content (AvgIpc) is 2.99. The summed E-state index contributed by atoms with van der Waals surface area (Å²) in [5.74, 6) is 1.64. The molecule has 166 valence electrons. The van der Waals surface area contributed by atoms with Crippen molar-refractivity contribution in [2.75, 3.05) is 40.3 Å². The molecule has 6 nitrogen and oxygen atoms in total. The van der Waals surface area contributed by atoms with E-state index in [1.54, 1.807) is 7.05 Å². The molecule has 0 atom stereocenters. The van der Waals surface area contributed by atoms with Crippen molar-refractivity contribution in [2.24, 2.45) is 18.0 Å². The van der Waals surface area contributed by atoms with Crippen LogP contribution in [-0.2, 0) is 13.6 Å². The van der Waals surface area contributed by atoms with Crippen molar-refractivity contribution >= 4 is 5.96 Å². The lowest BCUT2D eigenvalue weighted by atomic mass is 9.93. The summed E-state index contributed by atoms with van der Waals surface area (Å²) >= 11 is 0. The van der Waals surface area contributed by atoms with E-state index in [1.165, 1.54) is 10.5 Å². The number of rotatable bonds is 7. The number of aryl methyl sites for hydroxylation is 1. The number of aromatic nitrogens is 2. The van der Waals surface area contributed by atoms with Gasteiger partial charge in [-0.25, -0.2) is 0 Å². The minimum Gasteiger partial charge on any atom is -0.356 e. The Kier molecular flexibility index (Phi) is 8.36. The quantitative estimate of drug-likeness (QED) is 0.548. The van der Waals surface area contributed by atoms with E-state index < -0.39 is 12.7 Å². The summed E-state index contributed by atoms with van der Waals surface area (Å²) in [5.41, 5.74) is 2.28. The highest BCUT2D eigenvalue weighted by Gasteiger charge is 2.32. The van der Waals surface area contributed by atoms with Crippen molar-refractivity contribution in [2.45, 2.75) is 51.7 Å². The molecule has 0 bridgehead atoms. The Balaban J connectivity index is 1.77. The number of aliphatic imine (C=N–C) groups is 1. The zero-order valence-electron chi connectivity index (χ0n) is 18.3. The standard InChI is InChI=1S/C20H35F3N6/c1-15(2)18-17(13-28(5)26-18)12-27(4)19(24-3)25-9-6-16-7-10-29(11-8-16)14-20(21,22)23/h13,15-16H,6-12,14H2,1-5H3,(H,24,25). The average molecular weight is 417 g/mol. The second kappa shape index (κ2) is 10.3. The van der Waals surface area contributed by atoms with Crippen LogP contribution in [0.2, 0.25) is 0 Å². The topological polar surface area (TPSA) is 48.7 Å². The molecule has 1 fully saturated rings. The van der Waals surface area contributed by atoms with Crippen molar-refractivity contribution in [3.05, 3.63) is 17.5 Å². The monoisotopic (exact) mass is 416 g/mol. The fourth-order valence-electron chi connectivity index (χ4n) is 3.95. The summed E-state index contributed by atoms with van der Waals surface area (Å²) in [6.07, 6.45) is 0.527. The lowest BCUT2D eigenvalue weighted by molar-refractivity contribution is -0.148. The van der Waals surface area contributed by atoms with Crippen molar-refractivity contribution in [3.63, 3.8) is 0 Å². The molecular weight excluding hydrogens is 381 g/mol. The van der Waals surface area contributed by atoms with Gasteiger partial charge in [0.15, 0.2) is 5.96 Å². The van der Waals surface area contributed by atoms with Gasteiger partial charge in [0.1, 0.15) is 0 Å². The van der Waals surface area contributed by atoms with Crippen molar-refractivity contribution in [3.8, 4) is 0 Å². The second-order valence-electron chi connectivity index (χ2n) is 8.32. The highest BCUT2D eigenvalue weighted by atomic mass is 19.4. The van der Waals surface area contributed by atoms with Gasteiger partial charge in [-0.2, -0.15) is 18.3 Å². The maximum Gasteiger partial charge on any atom is 0.401 e. The van der Waals surface area contributed by atoms with Crippen LogP contribution in [-0.4, -0.2) is 72.0 Å². The van der Waals surface area contributed by atoms with Gasteiger partial charge < -0.3 is 10.2 Å². The SMILES string of the molecule is CN=C(NCCC1CCN(CC(F)(F)F)CC1)N(C)Cc1cn(C)nc1C(C)C. The third-order valence-corrected chi connectivity index (χ3v) is 5.41. The van der Waals surface area contributed by atoms with E-state index in [0.717, 1.165) is 44.0 Å². The van der Waals surface area contributed by atoms with Gasteiger partial charge in [0.2, 0.25) is 0 Å². The van der Waals surface area contributed by atoms with Gasteiger partial charge in [-0.3, -0.25) is 14.6 Å². The summed E-state index contributed by atoms with van der Waals surface area (Å²) < 4.78 is 39.3. The number of nitrogens with zero attached hydrogens (tertiary/aromatic N) is 5. The number of alkyl halides is 3. The van der Waals surface area contributed by atoms with Gasteiger partial charge in [0.05, 0.1) is 12.2 Å². The predicted molar refractivity (Wildman–Crippen MR) is 110 cm³/mol. The molecule has 29 heavy (non-hydrogen) atoms. The molecule has 0 radical (unpaired) electrons. The molecule has 0 saturated carbocycles. The van der Waals surface area contributed by atoms with E-state index >= 15 is 0 Å². The maximum atomic E-state index is 12.5. The first-order valence-corrected chi connectivity index (χ1v) is 10.3. The Labute approximate surface area is 172 Å². The highest BCUT2D eigenvalue weighted by Crippen LogP contribution is 2.24. The first-order chi connectivity index (χ1) is 13.6. The van der Waals surface area contributed by atoms with Crippen LogP contribution in [0.4, 0.5) is 13.2 Å². The van der Waals surface area contributed by atoms with Gasteiger partial charge in [-0.1, -0.05) is 13.8 Å². The zero-order valence-corrected chi connectivity index (χ0v) is 18.3. The normalized spacial score (nSPS) is 17.2. The predicted octanol–water partition coefficient (Wildman–Crippen LogP) is 3.22. The number of nitrogens with one attached hydrogen (secondary N) is 1. The number of likely N-dealkylation sites (tertiary alicyclic amines) is 1. The van der Waals surface area contributed by atoms with E-state index in [0.29, 0.717) is 24.9 Å². The van der Waals surface area contributed by atoms with Crippen LogP contribution in [0.25, 0.3) is 0 Å². The van der Waals surface area contributed by atoms with Crippen LogP contribution in [0, 0.1) is 5.92 Å². The Hall–Kier alpha value is -1.77. The molecule has 1 saturated heterocycles. The Bertz CT molecular complexity index is 660.